The number of aromatic nitrogens is 4. The van der Waals surface area contributed by atoms with Crippen LogP contribution in [0.15, 0.2) is 65.6 Å². The first kappa shape index (κ1) is 27.6. The Morgan fingerprint density at radius 2 is 1.69 bits per heavy atom. The van der Waals surface area contributed by atoms with Crippen LogP contribution in [0.2, 0.25) is 10.0 Å². The van der Waals surface area contributed by atoms with E-state index >= 15 is 0 Å². The molecule has 4 aromatic rings. The Hall–Kier alpha value is -2.94. The first-order valence-electron chi connectivity index (χ1n) is 12.9. The highest BCUT2D eigenvalue weighted by Gasteiger charge is 2.37. The molecule has 1 heterocycles. The van der Waals surface area contributed by atoms with Crippen LogP contribution in [0.3, 0.4) is 0 Å². The van der Waals surface area contributed by atoms with Crippen molar-refractivity contribution in [2.45, 2.75) is 64.4 Å². The number of hydrogen-bond acceptors (Lipinski definition) is 5. The minimum absolute atomic E-state index is 0.0796. The third-order valence-corrected chi connectivity index (χ3v) is 9.57. The predicted octanol–water partition coefficient (Wildman–Crippen LogP) is 6.77. The Morgan fingerprint density at radius 1 is 0.974 bits per heavy atom. The maximum Gasteiger partial charge on any atom is 0.264 e. The van der Waals surface area contributed by atoms with Gasteiger partial charge in [-0.1, -0.05) is 54.4 Å². The molecule has 0 bridgehead atoms. The van der Waals surface area contributed by atoms with Gasteiger partial charge in [0.2, 0.25) is 0 Å². The molecule has 0 saturated heterocycles. The zero-order valence-electron chi connectivity index (χ0n) is 22.2. The molecule has 1 saturated carbocycles. The first-order valence-corrected chi connectivity index (χ1v) is 15.1. The molecule has 1 aliphatic rings. The van der Waals surface area contributed by atoms with Crippen molar-refractivity contribution < 1.29 is 8.42 Å². The van der Waals surface area contributed by atoms with Gasteiger partial charge in [-0.25, -0.2) is 8.42 Å². The number of nitrogens with zero attached hydrogens (tertiary/aromatic N) is 5. The Morgan fingerprint density at radius 3 is 2.38 bits per heavy atom. The molecule has 1 aliphatic carbocycles. The molecule has 0 amide bonds. The molecule has 39 heavy (non-hydrogen) atoms. The van der Waals surface area contributed by atoms with E-state index in [1.165, 1.54) is 17.1 Å². The number of rotatable bonds is 10. The van der Waals surface area contributed by atoms with Crippen molar-refractivity contribution in [2.24, 2.45) is 5.41 Å². The van der Waals surface area contributed by atoms with E-state index in [0.717, 1.165) is 28.7 Å². The van der Waals surface area contributed by atoms with E-state index in [0.29, 0.717) is 39.9 Å². The van der Waals surface area contributed by atoms with Gasteiger partial charge in [-0.05, 0) is 102 Å². The molecule has 1 aromatic heterocycles. The van der Waals surface area contributed by atoms with Gasteiger partial charge in [0.15, 0.2) is 5.82 Å². The van der Waals surface area contributed by atoms with Crippen LogP contribution >= 0.6 is 23.2 Å². The van der Waals surface area contributed by atoms with Crippen molar-refractivity contribution in [3.63, 3.8) is 0 Å². The molecular weight excluding hydrogens is 553 g/mol. The molecule has 0 spiro atoms. The normalized spacial score (nSPS) is 14.4. The maximum atomic E-state index is 14.3. The minimum atomic E-state index is -4.01. The molecule has 0 radical (unpaired) electrons. The monoisotopic (exact) mass is 583 g/mol. The second-order valence-electron chi connectivity index (χ2n) is 10.7. The summed E-state index contributed by atoms with van der Waals surface area (Å²) in [5, 5.41) is 14.1. The van der Waals surface area contributed by atoms with E-state index < -0.39 is 10.0 Å². The van der Waals surface area contributed by atoms with Gasteiger partial charge >= 0.3 is 0 Å². The maximum absolute atomic E-state index is 14.3. The second kappa shape index (κ2) is 10.9. The van der Waals surface area contributed by atoms with E-state index in [1.54, 1.807) is 35.1 Å². The van der Waals surface area contributed by atoms with Crippen LogP contribution in [0.1, 0.15) is 54.3 Å². The minimum Gasteiger partial charge on any atom is -0.258 e. The number of hydrogen-bond donors (Lipinski definition) is 0. The summed E-state index contributed by atoms with van der Waals surface area (Å²) < 4.78 is 29.9. The summed E-state index contributed by atoms with van der Waals surface area (Å²) in [4.78, 5) is 1.76. The summed E-state index contributed by atoms with van der Waals surface area (Å²) in [5.41, 5.74) is 4.14. The van der Waals surface area contributed by atoms with E-state index in [4.69, 9.17) is 23.2 Å². The molecule has 0 aliphatic heterocycles. The Labute approximate surface area is 239 Å². The summed E-state index contributed by atoms with van der Waals surface area (Å²) >= 11 is 12.9. The van der Waals surface area contributed by atoms with Crippen LogP contribution in [-0.4, -0.2) is 28.6 Å². The summed E-state index contributed by atoms with van der Waals surface area (Å²) in [5.74, 6) is 0.322. The lowest BCUT2D eigenvalue weighted by Gasteiger charge is -2.26. The Balaban J connectivity index is 1.56. The number of halogens is 2. The number of anilines is 1. The fraction of sp³-hybridized carbons (Fsp3) is 0.345. The lowest BCUT2D eigenvalue weighted by molar-refractivity contribution is 0.409. The van der Waals surface area contributed by atoms with Crippen molar-refractivity contribution in [1.82, 2.24) is 20.2 Å². The average molecular weight is 585 g/mol. The Kier molecular flexibility index (Phi) is 7.73. The Bertz CT molecular complexity index is 1600. The highest BCUT2D eigenvalue weighted by atomic mass is 35.5. The highest BCUT2D eigenvalue weighted by molar-refractivity contribution is 7.92. The van der Waals surface area contributed by atoms with Crippen molar-refractivity contribution in [2.75, 3.05) is 4.31 Å². The summed E-state index contributed by atoms with van der Waals surface area (Å²) in [6.07, 6.45) is 3.78. The van der Waals surface area contributed by atoms with E-state index in [2.05, 4.69) is 22.3 Å². The van der Waals surface area contributed by atoms with Crippen LogP contribution in [0.4, 0.5) is 5.69 Å². The first-order chi connectivity index (χ1) is 18.5. The second-order valence-corrected chi connectivity index (χ2v) is 13.4. The van der Waals surface area contributed by atoms with Gasteiger partial charge in [0.1, 0.15) is 0 Å². The van der Waals surface area contributed by atoms with Crippen molar-refractivity contribution in [3.05, 3.63) is 98.8 Å². The molecule has 3 aromatic carbocycles. The summed E-state index contributed by atoms with van der Waals surface area (Å²) in [6, 6.07) is 18.0. The van der Waals surface area contributed by atoms with Gasteiger partial charge in [0.05, 0.1) is 23.7 Å². The third kappa shape index (κ3) is 6.45. The number of benzene rings is 3. The van der Waals surface area contributed by atoms with Crippen molar-refractivity contribution in [3.8, 4) is 0 Å². The quantitative estimate of drug-likeness (QED) is 0.206. The van der Waals surface area contributed by atoms with Gasteiger partial charge in [0, 0.05) is 16.5 Å². The largest absolute Gasteiger partial charge is 0.264 e. The fourth-order valence-corrected chi connectivity index (χ4v) is 6.73. The SMILES string of the molecule is Cc1cc(C)cc(S(=O)(=O)N(Cc2nnn(CCC3(C)CC3)n2)c2ccc(Cl)cc2Cc2ccccc2Cl)c1. The molecule has 7 nitrogen and oxygen atoms in total. The van der Waals surface area contributed by atoms with Crippen molar-refractivity contribution >= 4 is 38.9 Å². The van der Waals surface area contributed by atoms with Gasteiger partial charge in [-0.15, -0.1) is 10.2 Å². The molecule has 0 N–H and O–H groups in total. The van der Waals surface area contributed by atoms with Gasteiger partial charge < -0.3 is 0 Å². The smallest absolute Gasteiger partial charge is 0.258 e. The van der Waals surface area contributed by atoms with E-state index in [1.807, 2.05) is 44.2 Å². The van der Waals surface area contributed by atoms with Crippen molar-refractivity contribution in [1.29, 1.82) is 0 Å². The molecule has 5 rings (SSSR count). The van der Waals surface area contributed by atoms with Crippen LogP contribution in [0.25, 0.3) is 0 Å². The average Bonchev–Trinajstić information content (AvgIpc) is 3.44. The number of aryl methyl sites for hydroxylation is 3. The third-order valence-electron chi connectivity index (χ3n) is 7.23. The van der Waals surface area contributed by atoms with Crippen LogP contribution in [0.5, 0.6) is 0 Å². The fourth-order valence-electron chi connectivity index (χ4n) is 4.69. The molecule has 0 atom stereocenters. The van der Waals surface area contributed by atoms with E-state index in [9.17, 15) is 8.42 Å². The molecular formula is C29H31Cl2N5O2S. The van der Waals surface area contributed by atoms with Gasteiger partial charge in [-0.3, -0.25) is 4.31 Å². The van der Waals surface area contributed by atoms with Gasteiger partial charge in [0.25, 0.3) is 10.0 Å². The zero-order valence-corrected chi connectivity index (χ0v) is 24.6. The zero-order chi connectivity index (χ0) is 27.8. The number of sulfonamides is 1. The van der Waals surface area contributed by atoms with Crippen LogP contribution in [0, 0.1) is 19.3 Å². The summed E-state index contributed by atoms with van der Waals surface area (Å²) in [7, 11) is -4.01. The predicted molar refractivity (Wildman–Crippen MR) is 155 cm³/mol. The molecule has 204 valence electrons. The number of tetrazole rings is 1. The summed E-state index contributed by atoms with van der Waals surface area (Å²) in [6.45, 7) is 6.59. The topological polar surface area (TPSA) is 81.0 Å². The molecule has 10 heteroatoms. The van der Waals surface area contributed by atoms with Gasteiger partial charge in [-0.2, -0.15) is 4.80 Å². The van der Waals surface area contributed by atoms with E-state index in [-0.39, 0.29) is 11.4 Å². The lowest BCUT2D eigenvalue weighted by Crippen LogP contribution is -2.32. The molecule has 0 unspecified atom stereocenters. The lowest BCUT2D eigenvalue weighted by atomic mass is 10.0. The highest BCUT2D eigenvalue weighted by Crippen LogP contribution is 2.48. The van der Waals surface area contributed by atoms with Crippen LogP contribution in [-0.2, 0) is 29.5 Å². The molecule has 1 fully saturated rings. The standard InChI is InChI=1S/C29H31Cl2N5O2S/c1-20-14-21(2)16-25(15-20)39(37,38)35(19-28-32-34-36(33-28)13-12-29(3)10-11-29)27-9-8-24(30)18-23(27)17-22-6-4-5-7-26(22)31/h4-9,14-16,18H,10-13,17,19H2,1-3H3. The van der Waals surface area contributed by atoms with Crippen LogP contribution < -0.4 is 4.31 Å².